The molecule has 0 saturated heterocycles. The van der Waals surface area contributed by atoms with E-state index in [9.17, 15) is 23.1 Å². The molecule has 0 aliphatic rings. The summed E-state index contributed by atoms with van der Waals surface area (Å²) in [6.07, 6.45) is 1.85. The summed E-state index contributed by atoms with van der Waals surface area (Å²) >= 11 is -2.15. The van der Waals surface area contributed by atoms with Gasteiger partial charge in [0.2, 0.25) is 11.8 Å². The number of hydrogen-bond acceptors (Lipinski definition) is 9. The molecule has 2 amide bonds. The highest BCUT2D eigenvalue weighted by Crippen LogP contribution is 2.10. The van der Waals surface area contributed by atoms with Crippen LogP contribution in [-0.2, 0) is 44.4 Å². The van der Waals surface area contributed by atoms with E-state index in [-0.39, 0.29) is 67.5 Å². The smallest absolute Gasteiger partial charge is 0.246 e. The minimum Gasteiger partial charge on any atom is -0.772 e. The summed E-state index contributed by atoms with van der Waals surface area (Å²) in [6.45, 7) is 9.87. The van der Waals surface area contributed by atoms with E-state index in [0.717, 1.165) is 12.8 Å². The highest BCUT2D eigenvalue weighted by molar-refractivity contribution is 7.79. The van der Waals surface area contributed by atoms with Crippen LogP contribution >= 0.6 is 0 Å². The van der Waals surface area contributed by atoms with E-state index in [1.807, 2.05) is 13.8 Å². The van der Waals surface area contributed by atoms with Crippen LogP contribution in [0.5, 0.6) is 0 Å². The number of hydrogen-bond donors (Lipinski definition) is 2. The maximum absolute atomic E-state index is 11.7. The van der Waals surface area contributed by atoms with Gasteiger partial charge in [-0.1, -0.05) is 24.9 Å². The first-order chi connectivity index (χ1) is 16.6. The summed E-state index contributed by atoms with van der Waals surface area (Å²) in [6, 6.07) is 0. The third-order valence-corrected chi connectivity index (χ3v) is 5.87. The predicted octanol–water partition coefficient (Wildman–Crippen LogP) is 0.584. The molecule has 0 radical (unpaired) electrons. The molecule has 0 aromatic heterocycles. The standard InChI is InChI=1S/C23H44N2O9S/c1-18(17-35(29)30)15-22(27)24-7-9-31-11-12-33-16-23(28)25-8-10-32-13-14-34-20(3)6-5-19(2)21(4)26/h18-20H,5-17H2,1-4H3,(H,24,27)(H,25,28)(H,29,30)/p-1. The summed E-state index contributed by atoms with van der Waals surface area (Å²) in [7, 11) is 0. The van der Waals surface area contributed by atoms with Crippen LogP contribution in [0.4, 0.5) is 0 Å². The zero-order valence-corrected chi connectivity index (χ0v) is 22.3. The molecule has 11 nitrogen and oxygen atoms in total. The molecule has 4 atom stereocenters. The minimum absolute atomic E-state index is 0.0412. The lowest BCUT2D eigenvalue weighted by atomic mass is 10.00. The highest BCUT2D eigenvalue weighted by Gasteiger charge is 2.11. The van der Waals surface area contributed by atoms with Gasteiger partial charge in [-0.3, -0.25) is 18.6 Å². The van der Waals surface area contributed by atoms with E-state index in [0.29, 0.717) is 39.5 Å². The van der Waals surface area contributed by atoms with Gasteiger partial charge in [0, 0.05) is 31.2 Å². The number of carbonyl (C=O) groups excluding carboxylic acids is 3. The molecule has 0 bridgehead atoms. The molecule has 0 fully saturated rings. The van der Waals surface area contributed by atoms with Crippen LogP contribution in [0, 0.1) is 11.8 Å². The molecule has 0 rings (SSSR count). The van der Waals surface area contributed by atoms with Crippen molar-refractivity contribution in [3.05, 3.63) is 0 Å². The number of ketones is 1. The van der Waals surface area contributed by atoms with Crippen molar-refractivity contribution in [3.8, 4) is 0 Å². The molecule has 0 aliphatic carbocycles. The van der Waals surface area contributed by atoms with Crippen LogP contribution < -0.4 is 10.6 Å². The van der Waals surface area contributed by atoms with Crippen molar-refractivity contribution >= 4 is 28.7 Å². The molecule has 35 heavy (non-hydrogen) atoms. The van der Waals surface area contributed by atoms with Crippen LogP contribution in [0.2, 0.25) is 0 Å². The van der Waals surface area contributed by atoms with E-state index in [1.54, 1.807) is 13.8 Å². The summed E-state index contributed by atoms with van der Waals surface area (Å²) in [5.41, 5.74) is 0. The van der Waals surface area contributed by atoms with Crippen molar-refractivity contribution in [3.63, 3.8) is 0 Å². The fraction of sp³-hybridized carbons (Fsp3) is 0.870. The molecule has 0 heterocycles. The van der Waals surface area contributed by atoms with Gasteiger partial charge in [-0.2, -0.15) is 0 Å². The van der Waals surface area contributed by atoms with Crippen molar-refractivity contribution in [2.24, 2.45) is 11.8 Å². The topological polar surface area (TPSA) is 152 Å². The van der Waals surface area contributed by atoms with Gasteiger partial charge in [0.25, 0.3) is 0 Å². The Hall–Kier alpha value is -1.44. The van der Waals surface area contributed by atoms with Gasteiger partial charge < -0.3 is 34.1 Å². The highest BCUT2D eigenvalue weighted by atomic mass is 32.2. The third kappa shape index (κ3) is 22.7. The normalized spacial score (nSPS) is 14.7. The molecule has 12 heteroatoms. The summed E-state index contributed by atoms with van der Waals surface area (Å²) < 4.78 is 42.8. The second-order valence-corrected chi connectivity index (χ2v) is 9.47. The number of nitrogens with one attached hydrogen (secondary N) is 2. The number of rotatable bonds is 23. The Morgan fingerprint density at radius 3 is 2.00 bits per heavy atom. The molecule has 0 aromatic carbocycles. The molecule has 4 unspecified atom stereocenters. The number of amides is 2. The van der Waals surface area contributed by atoms with Crippen LogP contribution in [0.1, 0.15) is 47.0 Å². The summed E-state index contributed by atoms with van der Waals surface area (Å²) in [5, 5.41) is 5.34. The average molecular weight is 524 g/mol. The Balaban J connectivity index is 3.46. The Kier molecular flexibility index (Phi) is 20.9. The first-order valence-electron chi connectivity index (χ1n) is 12.1. The van der Waals surface area contributed by atoms with E-state index in [1.165, 1.54) is 0 Å². The zero-order chi connectivity index (χ0) is 26.5. The van der Waals surface area contributed by atoms with Crippen LogP contribution in [0.15, 0.2) is 0 Å². The number of ether oxygens (including phenoxy) is 4. The number of Topliss-reactive ketones (excluding diaryl/α,β-unsaturated/α-hetero) is 1. The third-order valence-electron chi connectivity index (χ3n) is 5.03. The van der Waals surface area contributed by atoms with Crippen LogP contribution in [0.25, 0.3) is 0 Å². The second kappa shape index (κ2) is 21.8. The second-order valence-electron chi connectivity index (χ2n) is 8.53. The quantitative estimate of drug-likeness (QED) is 0.145. The lowest BCUT2D eigenvalue weighted by Gasteiger charge is -2.15. The molecule has 0 spiro atoms. The van der Waals surface area contributed by atoms with E-state index >= 15 is 0 Å². The fourth-order valence-electron chi connectivity index (χ4n) is 2.82. The Labute approximate surface area is 211 Å². The first-order valence-corrected chi connectivity index (χ1v) is 13.3. The predicted molar refractivity (Wildman–Crippen MR) is 131 cm³/mol. The monoisotopic (exact) mass is 523 g/mol. The zero-order valence-electron chi connectivity index (χ0n) is 21.5. The van der Waals surface area contributed by atoms with Crippen molar-refractivity contribution in [2.75, 3.05) is 65.1 Å². The van der Waals surface area contributed by atoms with Gasteiger partial charge in [0.15, 0.2) is 0 Å². The van der Waals surface area contributed by atoms with Crippen molar-refractivity contribution < 1.29 is 42.1 Å². The average Bonchev–Trinajstić information content (AvgIpc) is 2.77. The van der Waals surface area contributed by atoms with Gasteiger partial charge in [-0.15, -0.1) is 0 Å². The molecule has 206 valence electrons. The van der Waals surface area contributed by atoms with Gasteiger partial charge in [-0.05, 0) is 32.6 Å². The van der Waals surface area contributed by atoms with E-state index in [4.69, 9.17) is 18.9 Å². The van der Waals surface area contributed by atoms with Crippen molar-refractivity contribution in [1.82, 2.24) is 10.6 Å². The van der Waals surface area contributed by atoms with Gasteiger partial charge >= 0.3 is 0 Å². The largest absolute Gasteiger partial charge is 0.772 e. The van der Waals surface area contributed by atoms with E-state index < -0.39 is 11.1 Å². The first kappa shape index (κ1) is 33.6. The molecule has 0 aromatic rings. The molecule has 0 aliphatic heterocycles. The Morgan fingerprint density at radius 1 is 0.829 bits per heavy atom. The molecular formula is C23H43N2O9S-. The van der Waals surface area contributed by atoms with Crippen LogP contribution in [-0.4, -0.2) is 97.6 Å². The molecule has 0 saturated carbocycles. The maximum Gasteiger partial charge on any atom is 0.246 e. The SMILES string of the molecule is CC(=O)C(C)CCC(C)OCCOCCNC(=O)COCCOCCNC(=O)CC(C)CS(=O)[O-]. The lowest BCUT2D eigenvalue weighted by molar-refractivity contribution is -0.126. The van der Waals surface area contributed by atoms with Crippen molar-refractivity contribution in [2.45, 2.75) is 53.1 Å². The summed E-state index contributed by atoms with van der Waals surface area (Å²) in [4.78, 5) is 34.6. The van der Waals surface area contributed by atoms with Gasteiger partial charge in [-0.25, -0.2) is 0 Å². The maximum atomic E-state index is 11.7. The van der Waals surface area contributed by atoms with Crippen LogP contribution in [0.3, 0.4) is 0 Å². The Bertz CT molecular complexity index is 622. The van der Waals surface area contributed by atoms with Gasteiger partial charge in [0.05, 0.1) is 45.7 Å². The Morgan fingerprint density at radius 2 is 1.40 bits per heavy atom. The molecular weight excluding hydrogens is 480 g/mol. The minimum atomic E-state index is -2.15. The van der Waals surface area contributed by atoms with Gasteiger partial charge in [0.1, 0.15) is 12.4 Å². The van der Waals surface area contributed by atoms with Crippen molar-refractivity contribution in [1.29, 1.82) is 0 Å². The van der Waals surface area contributed by atoms with E-state index in [2.05, 4.69) is 10.6 Å². The lowest BCUT2D eigenvalue weighted by Crippen LogP contribution is -2.31. The fourth-order valence-corrected chi connectivity index (χ4v) is 3.40. The molecule has 2 N–H and O–H groups in total. The number of carbonyl (C=O) groups is 3. The summed E-state index contributed by atoms with van der Waals surface area (Å²) in [5.74, 6) is -0.493.